The lowest BCUT2D eigenvalue weighted by Crippen LogP contribution is -2.47. The van der Waals surface area contributed by atoms with Crippen LogP contribution in [0, 0.1) is 0 Å². The summed E-state index contributed by atoms with van der Waals surface area (Å²) in [7, 11) is 0. The number of nitrogens with zero attached hydrogens (tertiary/aromatic N) is 1. The van der Waals surface area contributed by atoms with Gasteiger partial charge in [0.15, 0.2) is 0 Å². The minimum atomic E-state index is -0.113. The summed E-state index contributed by atoms with van der Waals surface area (Å²) in [6, 6.07) is 17.9. The molecule has 27 heavy (non-hydrogen) atoms. The average molecular weight is 364 g/mol. The van der Waals surface area contributed by atoms with Crippen molar-refractivity contribution < 1.29 is 14.3 Å². The number of fused-ring (bicyclic) bond motifs is 1. The number of rotatable bonds is 5. The van der Waals surface area contributed by atoms with E-state index < -0.39 is 0 Å². The first-order chi connectivity index (χ1) is 13.2. The van der Waals surface area contributed by atoms with Gasteiger partial charge in [-0.2, -0.15) is 0 Å². The van der Waals surface area contributed by atoms with Crippen LogP contribution in [0.4, 0.5) is 0 Å². The van der Waals surface area contributed by atoms with Crippen LogP contribution in [-0.2, 0) is 21.5 Å². The summed E-state index contributed by atoms with van der Waals surface area (Å²) in [6.45, 7) is 2.55. The van der Waals surface area contributed by atoms with Gasteiger partial charge in [0, 0.05) is 37.3 Å². The van der Waals surface area contributed by atoms with Gasteiger partial charge in [-0.1, -0.05) is 48.5 Å². The molecule has 1 fully saturated rings. The number of carbonyl (C=O) groups is 2. The molecule has 5 nitrogen and oxygen atoms in total. The highest BCUT2D eigenvalue weighted by molar-refractivity contribution is 6.00. The first-order valence-electron chi connectivity index (χ1n) is 9.45. The van der Waals surface area contributed by atoms with Gasteiger partial charge in [-0.3, -0.25) is 9.59 Å². The Morgan fingerprint density at radius 3 is 2.48 bits per heavy atom. The molecule has 140 valence electrons. The number of hydrogen-bond acceptors (Lipinski definition) is 3. The van der Waals surface area contributed by atoms with Gasteiger partial charge in [0.1, 0.15) is 6.54 Å². The van der Waals surface area contributed by atoms with Gasteiger partial charge in [-0.05, 0) is 30.0 Å². The number of ether oxygens (including phenoxy) is 1. The van der Waals surface area contributed by atoms with Crippen LogP contribution in [0.2, 0.25) is 0 Å². The predicted molar refractivity (Wildman–Crippen MR) is 102 cm³/mol. The molecule has 4 rings (SSSR count). The van der Waals surface area contributed by atoms with Crippen LogP contribution in [0.15, 0.2) is 54.6 Å². The molecule has 2 amide bonds. The van der Waals surface area contributed by atoms with Gasteiger partial charge < -0.3 is 15.0 Å². The summed E-state index contributed by atoms with van der Waals surface area (Å²) in [4.78, 5) is 26.6. The second-order valence-corrected chi connectivity index (χ2v) is 7.35. The number of carbonyl (C=O) groups excluding carboxylic acids is 2. The lowest BCUT2D eigenvalue weighted by molar-refractivity contribution is -0.122. The normalized spacial score (nSPS) is 18.2. The molecule has 0 aromatic heterocycles. The molecule has 2 aromatic carbocycles. The van der Waals surface area contributed by atoms with Crippen molar-refractivity contribution in [2.45, 2.75) is 24.8 Å². The molecule has 0 saturated carbocycles. The minimum Gasteiger partial charge on any atom is -0.381 e. The van der Waals surface area contributed by atoms with E-state index in [-0.39, 0.29) is 23.8 Å². The fraction of sp³-hybridized carbons (Fsp3) is 0.364. The molecule has 2 aliphatic heterocycles. The van der Waals surface area contributed by atoms with E-state index in [1.807, 2.05) is 42.5 Å². The Balaban J connectivity index is 1.40. The zero-order chi connectivity index (χ0) is 18.7. The molecule has 2 aromatic rings. The van der Waals surface area contributed by atoms with E-state index in [4.69, 9.17) is 4.74 Å². The van der Waals surface area contributed by atoms with Crippen molar-refractivity contribution in [2.75, 3.05) is 26.3 Å². The molecule has 2 aliphatic rings. The first-order valence-corrected chi connectivity index (χ1v) is 9.45. The first kappa shape index (κ1) is 17.7. The van der Waals surface area contributed by atoms with Gasteiger partial charge in [0.2, 0.25) is 5.91 Å². The zero-order valence-electron chi connectivity index (χ0n) is 15.3. The zero-order valence-corrected chi connectivity index (χ0v) is 15.3. The summed E-state index contributed by atoms with van der Waals surface area (Å²) in [5, 5.41) is 3.08. The molecule has 0 spiro atoms. The summed E-state index contributed by atoms with van der Waals surface area (Å²) >= 11 is 0. The number of hydrogen-bond donors (Lipinski definition) is 1. The van der Waals surface area contributed by atoms with E-state index in [1.165, 1.54) is 5.56 Å². The van der Waals surface area contributed by atoms with Gasteiger partial charge in [-0.25, -0.2) is 0 Å². The van der Waals surface area contributed by atoms with E-state index in [9.17, 15) is 9.59 Å². The van der Waals surface area contributed by atoms with Crippen molar-refractivity contribution in [1.82, 2.24) is 10.2 Å². The molecule has 1 saturated heterocycles. The summed E-state index contributed by atoms with van der Waals surface area (Å²) in [5.74, 6) is -0.178. The Morgan fingerprint density at radius 2 is 1.74 bits per heavy atom. The Labute approximate surface area is 159 Å². The van der Waals surface area contributed by atoms with Crippen LogP contribution in [-0.4, -0.2) is 43.0 Å². The topological polar surface area (TPSA) is 58.6 Å². The van der Waals surface area contributed by atoms with Gasteiger partial charge in [-0.15, -0.1) is 0 Å². The van der Waals surface area contributed by atoms with Crippen molar-refractivity contribution in [1.29, 1.82) is 0 Å². The number of amides is 2. The van der Waals surface area contributed by atoms with E-state index in [0.29, 0.717) is 31.9 Å². The van der Waals surface area contributed by atoms with Crippen LogP contribution in [0.5, 0.6) is 0 Å². The van der Waals surface area contributed by atoms with Crippen LogP contribution in [0.3, 0.4) is 0 Å². The maximum atomic E-state index is 12.6. The maximum absolute atomic E-state index is 12.6. The van der Waals surface area contributed by atoms with Crippen LogP contribution in [0.1, 0.15) is 34.3 Å². The van der Waals surface area contributed by atoms with Gasteiger partial charge in [0.25, 0.3) is 5.91 Å². The van der Waals surface area contributed by atoms with Gasteiger partial charge >= 0.3 is 0 Å². The van der Waals surface area contributed by atoms with Gasteiger partial charge in [0.05, 0.1) is 0 Å². The van der Waals surface area contributed by atoms with Crippen molar-refractivity contribution in [2.24, 2.45) is 0 Å². The number of nitrogens with one attached hydrogen (secondary N) is 1. The second-order valence-electron chi connectivity index (χ2n) is 7.35. The Hall–Kier alpha value is -2.66. The van der Waals surface area contributed by atoms with Crippen molar-refractivity contribution >= 4 is 11.8 Å². The van der Waals surface area contributed by atoms with Crippen LogP contribution < -0.4 is 5.32 Å². The third kappa shape index (κ3) is 3.60. The number of benzene rings is 2. The molecule has 0 aliphatic carbocycles. The van der Waals surface area contributed by atoms with Crippen molar-refractivity contribution in [3.8, 4) is 0 Å². The smallest absolute Gasteiger partial charge is 0.254 e. The Bertz CT molecular complexity index is 828. The molecule has 0 atom stereocenters. The fourth-order valence-electron chi connectivity index (χ4n) is 4.06. The SMILES string of the molecule is O=C(CN1Cc2ccccc2C1=O)NCC1(c2ccccc2)CCOCC1. The van der Waals surface area contributed by atoms with E-state index in [2.05, 4.69) is 17.4 Å². The van der Waals surface area contributed by atoms with Crippen molar-refractivity contribution in [3.05, 3.63) is 71.3 Å². The monoisotopic (exact) mass is 364 g/mol. The third-order valence-corrected chi connectivity index (χ3v) is 5.69. The molecule has 0 bridgehead atoms. The molecular weight excluding hydrogens is 340 g/mol. The lowest BCUT2D eigenvalue weighted by atomic mass is 9.74. The highest BCUT2D eigenvalue weighted by Crippen LogP contribution is 2.34. The minimum absolute atomic E-state index is 0.0652. The summed E-state index contributed by atoms with van der Waals surface area (Å²) < 4.78 is 5.54. The summed E-state index contributed by atoms with van der Waals surface area (Å²) in [6.07, 6.45) is 1.76. The van der Waals surface area contributed by atoms with E-state index in [1.54, 1.807) is 4.90 Å². The highest BCUT2D eigenvalue weighted by atomic mass is 16.5. The molecule has 0 unspecified atom stereocenters. The predicted octanol–water partition coefficient (Wildman–Crippen LogP) is 2.51. The second kappa shape index (κ2) is 7.53. The molecule has 0 radical (unpaired) electrons. The average Bonchev–Trinajstić information content (AvgIpc) is 3.03. The third-order valence-electron chi connectivity index (χ3n) is 5.69. The largest absolute Gasteiger partial charge is 0.381 e. The summed E-state index contributed by atoms with van der Waals surface area (Å²) in [5.41, 5.74) is 2.82. The van der Waals surface area contributed by atoms with E-state index >= 15 is 0 Å². The molecule has 1 N–H and O–H groups in total. The Morgan fingerprint density at radius 1 is 1.04 bits per heavy atom. The maximum Gasteiger partial charge on any atom is 0.254 e. The lowest BCUT2D eigenvalue weighted by Gasteiger charge is -2.38. The van der Waals surface area contributed by atoms with Crippen LogP contribution >= 0.6 is 0 Å². The molecule has 2 heterocycles. The van der Waals surface area contributed by atoms with Crippen LogP contribution in [0.25, 0.3) is 0 Å². The van der Waals surface area contributed by atoms with E-state index in [0.717, 1.165) is 18.4 Å². The Kier molecular flexibility index (Phi) is 4.94. The quantitative estimate of drug-likeness (QED) is 0.887. The molecular formula is C22H24N2O3. The standard InChI is InChI=1S/C22H24N2O3/c25-20(15-24-14-17-6-4-5-9-19(17)21(24)26)23-16-22(10-12-27-13-11-22)18-7-2-1-3-8-18/h1-9H,10-16H2,(H,23,25). The molecule has 5 heteroatoms. The fourth-order valence-corrected chi connectivity index (χ4v) is 4.06. The van der Waals surface area contributed by atoms with Crippen molar-refractivity contribution in [3.63, 3.8) is 0 Å². The highest BCUT2D eigenvalue weighted by Gasteiger charge is 2.35.